The number of nitrogens with one attached hydrogen (secondary N) is 1. The van der Waals surface area contributed by atoms with Crippen molar-refractivity contribution < 1.29 is 89.4 Å². The van der Waals surface area contributed by atoms with Gasteiger partial charge in [0.05, 0.1) is 38.6 Å². The van der Waals surface area contributed by atoms with Gasteiger partial charge in [-0.3, -0.25) is 4.79 Å². The van der Waals surface area contributed by atoms with Gasteiger partial charge >= 0.3 is 0 Å². The molecule has 3 saturated heterocycles. The highest BCUT2D eigenvalue weighted by Crippen LogP contribution is 2.34. The second-order valence-corrected chi connectivity index (χ2v) is 31.7. The van der Waals surface area contributed by atoms with Crippen LogP contribution in [0.15, 0.2) is 122 Å². The Kier molecular flexibility index (Phi) is 66.1. The highest BCUT2D eigenvalue weighted by Gasteiger charge is 2.54. The normalized spacial score (nSPS) is 25.4. The zero-order chi connectivity index (χ0) is 81.7. The van der Waals surface area contributed by atoms with Crippen LogP contribution in [0.25, 0.3) is 0 Å². The molecular formula is C94H163NO18. The zero-order valence-electron chi connectivity index (χ0n) is 70.3. The molecule has 3 heterocycles. The maximum Gasteiger partial charge on any atom is 0.220 e. The molecule has 19 nitrogen and oxygen atoms in total. The van der Waals surface area contributed by atoms with E-state index in [1.807, 2.05) is 0 Å². The van der Waals surface area contributed by atoms with Crippen molar-refractivity contribution in [2.24, 2.45) is 0 Å². The number of amides is 1. The fraction of sp³-hybridized carbons (Fsp3) is 0.777. The molecule has 12 N–H and O–H groups in total. The van der Waals surface area contributed by atoms with Gasteiger partial charge in [-0.25, -0.2) is 0 Å². The topological polar surface area (TPSA) is 307 Å². The van der Waals surface area contributed by atoms with E-state index in [2.05, 4.69) is 141 Å². The van der Waals surface area contributed by atoms with Gasteiger partial charge in [-0.2, -0.15) is 0 Å². The van der Waals surface area contributed by atoms with Crippen molar-refractivity contribution >= 4 is 5.91 Å². The molecule has 1 amide bonds. The number of allylic oxidation sites excluding steroid dienone is 20. The first-order valence-electron chi connectivity index (χ1n) is 45.3. The van der Waals surface area contributed by atoms with E-state index < -0.39 is 124 Å². The molecule has 0 bridgehead atoms. The van der Waals surface area contributed by atoms with Crippen LogP contribution in [-0.4, -0.2) is 193 Å². The molecule has 0 radical (unpaired) electrons. The van der Waals surface area contributed by atoms with Crippen LogP contribution in [0.1, 0.15) is 335 Å². The van der Waals surface area contributed by atoms with Gasteiger partial charge in [-0.05, 0) is 89.9 Å². The molecule has 0 aromatic rings. The molecular weight excluding hydrogens is 1430 g/mol. The summed E-state index contributed by atoms with van der Waals surface area (Å²) in [5, 5.41) is 121. The van der Waals surface area contributed by atoms with E-state index in [0.717, 1.165) is 128 Å². The lowest BCUT2D eigenvalue weighted by Crippen LogP contribution is -2.66. The number of unbranched alkanes of at least 4 members (excludes halogenated alkanes) is 36. The van der Waals surface area contributed by atoms with Gasteiger partial charge < -0.3 is 89.9 Å². The number of carbonyl (C=O) groups excluding carboxylic acids is 1. The smallest absolute Gasteiger partial charge is 0.220 e. The summed E-state index contributed by atoms with van der Waals surface area (Å²) in [5.74, 6) is -0.252. The van der Waals surface area contributed by atoms with Crippen LogP contribution in [0.5, 0.6) is 0 Å². The van der Waals surface area contributed by atoms with Gasteiger partial charge in [0.2, 0.25) is 5.91 Å². The van der Waals surface area contributed by atoms with Crippen LogP contribution in [0.4, 0.5) is 0 Å². The van der Waals surface area contributed by atoms with E-state index >= 15 is 0 Å². The third kappa shape index (κ3) is 50.7. The number of carbonyl (C=O) groups is 1. The molecule has 0 saturated carbocycles. The maximum absolute atomic E-state index is 13.5. The van der Waals surface area contributed by atoms with E-state index in [-0.39, 0.29) is 18.9 Å². The Balaban J connectivity index is 1.33. The number of aliphatic hydroxyl groups is 11. The number of aliphatic hydroxyl groups excluding tert-OH is 11. The maximum atomic E-state index is 13.5. The van der Waals surface area contributed by atoms with Gasteiger partial charge in [0.15, 0.2) is 18.9 Å². The second-order valence-electron chi connectivity index (χ2n) is 31.7. The highest BCUT2D eigenvalue weighted by molar-refractivity contribution is 5.76. The summed E-state index contributed by atoms with van der Waals surface area (Å²) in [7, 11) is 0. The van der Waals surface area contributed by atoms with E-state index in [1.54, 1.807) is 0 Å². The van der Waals surface area contributed by atoms with Crippen LogP contribution in [0.3, 0.4) is 0 Å². The van der Waals surface area contributed by atoms with Crippen molar-refractivity contribution in [1.29, 1.82) is 0 Å². The third-order valence-corrected chi connectivity index (χ3v) is 21.8. The summed E-state index contributed by atoms with van der Waals surface area (Å²) >= 11 is 0. The Bertz CT molecular complexity index is 2510. The Morgan fingerprint density at radius 1 is 0.327 bits per heavy atom. The van der Waals surface area contributed by atoms with Crippen LogP contribution < -0.4 is 5.32 Å². The van der Waals surface area contributed by atoms with Crippen molar-refractivity contribution in [3.63, 3.8) is 0 Å². The Labute approximate surface area is 684 Å². The van der Waals surface area contributed by atoms with Gasteiger partial charge in [-0.15, -0.1) is 0 Å². The average molecular weight is 1600 g/mol. The number of rotatable bonds is 72. The molecule has 0 aromatic heterocycles. The van der Waals surface area contributed by atoms with Crippen LogP contribution >= 0.6 is 0 Å². The summed E-state index contributed by atoms with van der Waals surface area (Å²) in [6.07, 6.45) is 75.8. The molecule has 113 heavy (non-hydrogen) atoms. The molecule has 652 valence electrons. The standard InChI is InChI=1S/C94H163NO18/c1-3-5-7-9-11-13-15-17-19-21-23-25-27-29-31-33-34-35-36-37-38-39-40-41-42-44-46-48-50-52-54-56-58-60-62-64-66-68-70-72-82(100)95-77(78(99)71-69-67-65-63-61-59-57-55-53-51-49-47-45-43-32-30-28-26-24-22-20-18-16-14-12-10-8-6-4-2)76-108-92-88(106)85(103)90(80(74-97)110-92)113-94-89(107)86(104)91(81(75-98)111-94)112-93-87(105)84(102)83(101)79(73-96)109-93/h5,7,11,13,17,19,23,25,29,31,34-35,37-38,40-41,44,46,50,52,77-81,83-94,96-99,101-107H,3-4,6,8-10,12,14-16,18,20-22,24,26-28,30,32-33,36,39,42-43,45,47-49,51,53-76H2,1-2H3,(H,95,100)/b7-5-,13-11-,19-17-,25-23-,31-29-,35-34-,38-37-,41-40-,46-44-,52-50-. The first-order chi connectivity index (χ1) is 55.3. The SMILES string of the molecule is CC/C=C\C/C=C\C/C=C\C/C=C\C/C=C\C/C=C\C/C=C\C/C=C\C/C=C\C/C=C\CCCCCCCCCCC(=O)NC(COC1OC(CO)C(OC2OC(CO)C(OC3OC(CO)C(O)C(O)C3O)C(O)C2O)C(O)C1O)C(O)CCCCCCCCCCCCCCCCCCCCCCCCCCCCCCC. The summed E-state index contributed by atoms with van der Waals surface area (Å²) in [6, 6.07) is -0.903. The predicted octanol–water partition coefficient (Wildman–Crippen LogP) is 17.4. The molecule has 0 aromatic carbocycles. The Morgan fingerprint density at radius 2 is 0.611 bits per heavy atom. The molecule has 3 fully saturated rings. The lowest BCUT2D eigenvalue weighted by atomic mass is 9.96. The molecule has 0 aliphatic carbocycles. The second kappa shape index (κ2) is 72.2. The van der Waals surface area contributed by atoms with Crippen molar-refractivity contribution in [2.75, 3.05) is 26.4 Å². The predicted molar refractivity (Wildman–Crippen MR) is 457 cm³/mol. The number of ether oxygens (including phenoxy) is 6. The first kappa shape index (κ1) is 103. The van der Waals surface area contributed by atoms with Crippen molar-refractivity contribution in [3.05, 3.63) is 122 Å². The fourth-order valence-electron chi connectivity index (χ4n) is 14.6. The van der Waals surface area contributed by atoms with Crippen molar-refractivity contribution in [1.82, 2.24) is 5.32 Å². The quantitative estimate of drug-likeness (QED) is 0.0199. The van der Waals surface area contributed by atoms with Gasteiger partial charge in [-0.1, -0.05) is 360 Å². The highest BCUT2D eigenvalue weighted by atomic mass is 16.8. The monoisotopic (exact) mass is 1590 g/mol. The van der Waals surface area contributed by atoms with Crippen molar-refractivity contribution in [2.45, 2.75) is 439 Å². The van der Waals surface area contributed by atoms with E-state index in [0.29, 0.717) is 12.8 Å². The van der Waals surface area contributed by atoms with Gasteiger partial charge in [0, 0.05) is 6.42 Å². The Morgan fingerprint density at radius 3 is 0.956 bits per heavy atom. The summed E-state index contributed by atoms with van der Waals surface area (Å²) in [5.41, 5.74) is 0. The summed E-state index contributed by atoms with van der Waals surface area (Å²) in [4.78, 5) is 13.5. The number of hydrogen-bond donors (Lipinski definition) is 12. The van der Waals surface area contributed by atoms with E-state index in [1.165, 1.54) is 173 Å². The molecule has 3 aliphatic heterocycles. The van der Waals surface area contributed by atoms with Crippen LogP contribution in [-0.2, 0) is 33.2 Å². The third-order valence-electron chi connectivity index (χ3n) is 21.8. The van der Waals surface area contributed by atoms with E-state index in [4.69, 9.17) is 28.4 Å². The van der Waals surface area contributed by atoms with Crippen LogP contribution in [0.2, 0.25) is 0 Å². The fourth-order valence-corrected chi connectivity index (χ4v) is 14.6. The zero-order valence-corrected chi connectivity index (χ0v) is 70.3. The lowest BCUT2D eigenvalue weighted by Gasteiger charge is -2.48. The number of hydrogen-bond acceptors (Lipinski definition) is 18. The lowest BCUT2D eigenvalue weighted by molar-refractivity contribution is -0.379. The summed E-state index contributed by atoms with van der Waals surface area (Å²) in [6.45, 7) is 1.72. The van der Waals surface area contributed by atoms with Crippen molar-refractivity contribution in [3.8, 4) is 0 Å². The first-order valence-corrected chi connectivity index (χ1v) is 45.3. The largest absolute Gasteiger partial charge is 0.394 e. The molecule has 19 heteroatoms. The van der Waals surface area contributed by atoms with Crippen LogP contribution in [0, 0.1) is 0 Å². The van der Waals surface area contributed by atoms with Gasteiger partial charge in [0.1, 0.15) is 73.2 Å². The molecule has 0 spiro atoms. The molecule has 3 aliphatic rings. The molecule has 17 unspecified atom stereocenters. The summed E-state index contributed by atoms with van der Waals surface area (Å²) < 4.78 is 34.6. The molecule has 17 atom stereocenters. The minimum Gasteiger partial charge on any atom is -0.394 e. The van der Waals surface area contributed by atoms with E-state index in [9.17, 15) is 61.0 Å². The minimum absolute atomic E-state index is 0.250. The Hall–Kier alpha value is -3.81. The molecule has 3 rings (SSSR count). The minimum atomic E-state index is -1.98. The average Bonchev–Trinajstić information content (AvgIpc) is 0.780. The van der Waals surface area contributed by atoms with Gasteiger partial charge in [0.25, 0.3) is 0 Å².